The largest absolute Gasteiger partial charge is 0.342 e. The van der Waals surface area contributed by atoms with Gasteiger partial charge in [0.05, 0.1) is 0 Å². The van der Waals surface area contributed by atoms with Gasteiger partial charge in [0.15, 0.2) is 5.82 Å². The predicted octanol–water partition coefficient (Wildman–Crippen LogP) is 3.78. The summed E-state index contributed by atoms with van der Waals surface area (Å²) in [4.78, 5) is 12.4. The minimum atomic E-state index is 0.744. The van der Waals surface area contributed by atoms with Gasteiger partial charge in [0, 0.05) is 17.5 Å². The Morgan fingerprint density at radius 1 is 1.21 bits per heavy atom. The van der Waals surface area contributed by atoms with E-state index in [1.54, 1.807) is 0 Å². The fourth-order valence-corrected chi connectivity index (χ4v) is 2.90. The molecule has 0 bridgehead atoms. The molecule has 0 aliphatic heterocycles. The van der Waals surface area contributed by atoms with Crippen molar-refractivity contribution in [1.82, 2.24) is 15.0 Å². The number of fused-ring (bicyclic) bond motifs is 1. The minimum absolute atomic E-state index is 0.744. The van der Waals surface area contributed by atoms with Crippen molar-refractivity contribution >= 4 is 12.2 Å². The van der Waals surface area contributed by atoms with Gasteiger partial charge in [0.25, 0.3) is 0 Å². The number of hydrogen-bond acceptors (Lipinski definition) is 3. The van der Waals surface area contributed by atoms with Gasteiger partial charge in [-0.05, 0) is 50.3 Å². The molecule has 2 aromatic heterocycles. The average Bonchev–Trinajstić information content (AvgIpc) is 2.64. The first-order valence-electron chi connectivity index (χ1n) is 6.79. The third-order valence-corrected chi connectivity index (χ3v) is 3.95. The summed E-state index contributed by atoms with van der Waals surface area (Å²) in [6, 6.07) is 4.03. The molecule has 0 spiro atoms. The van der Waals surface area contributed by atoms with Crippen LogP contribution < -0.4 is 0 Å². The number of H-pyrrole nitrogens is 1. The van der Waals surface area contributed by atoms with Crippen molar-refractivity contribution in [2.24, 2.45) is 0 Å². The molecule has 0 amide bonds. The summed E-state index contributed by atoms with van der Waals surface area (Å²) < 4.78 is 0.744. The van der Waals surface area contributed by atoms with Crippen molar-refractivity contribution < 1.29 is 0 Å². The topological polar surface area (TPSA) is 41.6 Å². The van der Waals surface area contributed by atoms with Crippen LogP contribution in [0.2, 0.25) is 0 Å². The Hall–Kier alpha value is -1.55. The zero-order valence-corrected chi connectivity index (χ0v) is 11.9. The molecule has 3 rings (SSSR count). The average molecular weight is 271 g/mol. The molecule has 4 heteroatoms. The van der Waals surface area contributed by atoms with Crippen LogP contribution in [0.4, 0.5) is 0 Å². The molecule has 3 nitrogen and oxygen atoms in total. The SMILES string of the molecule is Cc1ccnc(-c2nc(=S)c3c([nH]2)CCCCC3)c1. The van der Waals surface area contributed by atoms with E-state index in [1.165, 1.54) is 36.1 Å². The summed E-state index contributed by atoms with van der Waals surface area (Å²) in [6.07, 6.45) is 7.65. The van der Waals surface area contributed by atoms with Crippen LogP contribution in [0.25, 0.3) is 11.5 Å². The maximum Gasteiger partial charge on any atom is 0.157 e. The van der Waals surface area contributed by atoms with Crippen LogP contribution in [-0.2, 0) is 12.8 Å². The lowest BCUT2D eigenvalue weighted by atomic mass is 10.1. The molecule has 0 aromatic carbocycles. The van der Waals surface area contributed by atoms with Gasteiger partial charge in [-0.1, -0.05) is 18.6 Å². The number of aromatic amines is 1. The third kappa shape index (κ3) is 2.59. The Morgan fingerprint density at radius 3 is 2.89 bits per heavy atom. The number of pyridine rings is 1. The number of aromatic nitrogens is 3. The first kappa shape index (κ1) is 12.5. The minimum Gasteiger partial charge on any atom is -0.342 e. The van der Waals surface area contributed by atoms with Crippen LogP contribution in [0.5, 0.6) is 0 Å². The lowest BCUT2D eigenvalue weighted by Crippen LogP contribution is -2.02. The van der Waals surface area contributed by atoms with Crippen LogP contribution in [0.1, 0.15) is 36.1 Å². The number of rotatable bonds is 1. The van der Waals surface area contributed by atoms with Crippen LogP contribution in [0.3, 0.4) is 0 Å². The summed E-state index contributed by atoms with van der Waals surface area (Å²) in [7, 11) is 0. The molecule has 0 atom stereocenters. The van der Waals surface area contributed by atoms with Crippen LogP contribution in [0, 0.1) is 11.6 Å². The van der Waals surface area contributed by atoms with E-state index < -0.39 is 0 Å². The summed E-state index contributed by atoms with van der Waals surface area (Å²) in [5.74, 6) is 0.800. The van der Waals surface area contributed by atoms with E-state index >= 15 is 0 Å². The first-order valence-corrected chi connectivity index (χ1v) is 7.20. The molecule has 2 heterocycles. The Morgan fingerprint density at radius 2 is 2.05 bits per heavy atom. The van der Waals surface area contributed by atoms with Gasteiger partial charge in [-0.15, -0.1) is 0 Å². The highest BCUT2D eigenvalue weighted by molar-refractivity contribution is 7.71. The Kier molecular flexibility index (Phi) is 3.42. The molecular weight excluding hydrogens is 254 g/mol. The summed E-state index contributed by atoms with van der Waals surface area (Å²) in [5.41, 5.74) is 4.55. The van der Waals surface area contributed by atoms with Crippen molar-refractivity contribution in [2.75, 3.05) is 0 Å². The highest BCUT2D eigenvalue weighted by Gasteiger charge is 2.13. The van der Waals surface area contributed by atoms with E-state index in [2.05, 4.69) is 21.9 Å². The van der Waals surface area contributed by atoms with Crippen molar-refractivity contribution in [3.05, 3.63) is 39.8 Å². The normalized spacial score (nSPS) is 14.8. The van der Waals surface area contributed by atoms with Crippen molar-refractivity contribution in [3.63, 3.8) is 0 Å². The molecule has 0 saturated carbocycles. The van der Waals surface area contributed by atoms with E-state index in [0.717, 1.165) is 29.0 Å². The second-order valence-electron chi connectivity index (χ2n) is 5.13. The molecular formula is C15H17N3S. The van der Waals surface area contributed by atoms with Crippen LogP contribution in [0.15, 0.2) is 18.3 Å². The van der Waals surface area contributed by atoms with E-state index in [-0.39, 0.29) is 0 Å². The molecule has 0 radical (unpaired) electrons. The molecule has 0 fully saturated rings. The number of nitrogens with zero attached hydrogens (tertiary/aromatic N) is 2. The molecule has 0 unspecified atom stereocenters. The van der Waals surface area contributed by atoms with Gasteiger partial charge >= 0.3 is 0 Å². The Balaban J connectivity index is 2.11. The van der Waals surface area contributed by atoms with E-state index in [9.17, 15) is 0 Å². The Bertz CT molecular complexity index is 661. The Labute approximate surface area is 118 Å². The second kappa shape index (κ2) is 5.21. The second-order valence-corrected chi connectivity index (χ2v) is 5.51. The molecule has 19 heavy (non-hydrogen) atoms. The summed E-state index contributed by atoms with van der Waals surface area (Å²) in [6.45, 7) is 2.06. The van der Waals surface area contributed by atoms with Gasteiger partial charge in [-0.2, -0.15) is 0 Å². The van der Waals surface area contributed by atoms with E-state index in [4.69, 9.17) is 12.2 Å². The smallest absolute Gasteiger partial charge is 0.157 e. The highest BCUT2D eigenvalue weighted by atomic mass is 32.1. The summed E-state index contributed by atoms with van der Waals surface area (Å²) in [5, 5.41) is 0. The van der Waals surface area contributed by atoms with E-state index in [0.29, 0.717) is 0 Å². The maximum absolute atomic E-state index is 5.46. The third-order valence-electron chi connectivity index (χ3n) is 3.62. The molecule has 1 N–H and O–H groups in total. The lowest BCUT2D eigenvalue weighted by molar-refractivity contribution is 0.708. The van der Waals surface area contributed by atoms with Crippen LogP contribution in [-0.4, -0.2) is 15.0 Å². The summed E-state index contributed by atoms with van der Waals surface area (Å²) >= 11 is 5.46. The standard InChI is InChI=1S/C15H17N3S/c1-10-7-8-16-13(9-10)14-17-12-6-4-2-3-5-11(12)15(19)18-14/h7-9H,2-6H2,1H3,(H,17,18,19). The predicted molar refractivity (Wildman–Crippen MR) is 78.6 cm³/mol. The van der Waals surface area contributed by atoms with E-state index in [1.807, 2.05) is 18.3 Å². The fraction of sp³-hybridized carbons (Fsp3) is 0.400. The van der Waals surface area contributed by atoms with Crippen molar-refractivity contribution in [1.29, 1.82) is 0 Å². The van der Waals surface area contributed by atoms with Gasteiger partial charge in [0.1, 0.15) is 10.3 Å². The van der Waals surface area contributed by atoms with Gasteiger partial charge in [-0.25, -0.2) is 4.98 Å². The highest BCUT2D eigenvalue weighted by Crippen LogP contribution is 2.22. The molecule has 2 aromatic rings. The van der Waals surface area contributed by atoms with Crippen molar-refractivity contribution in [3.8, 4) is 11.5 Å². The fourth-order valence-electron chi connectivity index (χ4n) is 2.58. The molecule has 1 aliphatic carbocycles. The number of aryl methyl sites for hydroxylation is 2. The first-order chi connectivity index (χ1) is 9.24. The quantitative estimate of drug-likeness (QED) is 0.634. The molecule has 1 aliphatic rings. The zero-order chi connectivity index (χ0) is 13.2. The zero-order valence-electron chi connectivity index (χ0n) is 11.1. The molecule has 98 valence electrons. The monoisotopic (exact) mass is 271 g/mol. The van der Waals surface area contributed by atoms with Gasteiger partial charge in [0.2, 0.25) is 0 Å². The lowest BCUT2D eigenvalue weighted by Gasteiger charge is -2.09. The van der Waals surface area contributed by atoms with Crippen molar-refractivity contribution in [2.45, 2.75) is 39.0 Å². The van der Waals surface area contributed by atoms with Gasteiger partial charge in [-0.3, -0.25) is 4.98 Å². The van der Waals surface area contributed by atoms with Gasteiger partial charge < -0.3 is 4.98 Å². The van der Waals surface area contributed by atoms with Crippen LogP contribution >= 0.6 is 12.2 Å². The maximum atomic E-state index is 5.46. The molecule has 0 saturated heterocycles. The number of hydrogen-bond donors (Lipinski definition) is 1. The number of nitrogens with one attached hydrogen (secondary N) is 1.